The number of carbonyl (C=O) groups is 1. The normalized spacial score (nSPS) is 22.8. The lowest BCUT2D eigenvalue weighted by Gasteiger charge is -2.40. The number of nitrogens with zero attached hydrogens (tertiary/aromatic N) is 3. The zero-order valence-corrected chi connectivity index (χ0v) is 16.4. The van der Waals surface area contributed by atoms with E-state index in [0.29, 0.717) is 12.1 Å². The molecule has 3 atom stereocenters. The standard InChI is InChI=1S/C18H25N3OS2/c1-5-14-9-15-16(19-10-20-17(15)24-14)23-13(4)18(22)21-11(2)7-6-8-12(21)3/h9-13H,5-8H2,1-4H3. The number of hydrogen-bond acceptors (Lipinski definition) is 5. The van der Waals surface area contributed by atoms with Crippen LogP contribution in [-0.2, 0) is 11.2 Å². The molecule has 24 heavy (non-hydrogen) atoms. The molecule has 130 valence electrons. The minimum atomic E-state index is -0.129. The first-order valence-corrected chi connectivity index (χ1v) is 10.4. The molecule has 0 spiro atoms. The minimum Gasteiger partial charge on any atom is -0.336 e. The van der Waals surface area contributed by atoms with Crippen LogP contribution in [0.3, 0.4) is 0 Å². The summed E-state index contributed by atoms with van der Waals surface area (Å²) in [6.45, 7) is 8.48. The van der Waals surface area contributed by atoms with Crippen molar-refractivity contribution in [2.45, 2.75) is 75.7 Å². The first kappa shape index (κ1) is 17.7. The minimum absolute atomic E-state index is 0.129. The Kier molecular flexibility index (Phi) is 5.45. The summed E-state index contributed by atoms with van der Waals surface area (Å²) in [4.78, 5) is 26.2. The second-order valence-electron chi connectivity index (χ2n) is 6.60. The number of carbonyl (C=O) groups excluding carboxylic acids is 1. The molecule has 3 heterocycles. The molecule has 4 nitrogen and oxygen atoms in total. The number of fused-ring (bicyclic) bond motifs is 1. The molecule has 0 N–H and O–H groups in total. The van der Waals surface area contributed by atoms with Crippen molar-refractivity contribution in [1.29, 1.82) is 0 Å². The number of rotatable bonds is 4. The molecule has 0 bridgehead atoms. The van der Waals surface area contributed by atoms with Crippen LogP contribution in [0.15, 0.2) is 17.4 Å². The molecule has 0 aliphatic carbocycles. The van der Waals surface area contributed by atoms with Crippen molar-refractivity contribution >= 4 is 39.2 Å². The quantitative estimate of drug-likeness (QED) is 0.592. The summed E-state index contributed by atoms with van der Waals surface area (Å²) >= 11 is 3.28. The van der Waals surface area contributed by atoms with Gasteiger partial charge in [-0.1, -0.05) is 18.7 Å². The molecular weight excluding hydrogens is 338 g/mol. The predicted molar refractivity (Wildman–Crippen MR) is 102 cm³/mol. The van der Waals surface area contributed by atoms with Crippen LogP contribution in [-0.4, -0.2) is 38.1 Å². The van der Waals surface area contributed by atoms with Crippen LogP contribution in [0.25, 0.3) is 10.2 Å². The van der Waals surface area contributed by atoms with Gasteiger partial charge in [-0.3, -0.25) is 4.79 Å². The Morgan fingerprint density at radius 3 is 2.75 bits per heavy atom. The highest BCUT2D eigenvalue weighted by molar-refractivity contribution is 8.00. The topological polar surface area (TPSA) is 46.1 Å². The van der Waals surface area contributed by atoms with Crippen LogP contribution in [0.2, 0.25) is 0 Å². The number of hydrogen-bond donors (Lipinski definition) is 0. The summed E-state index contributed by atoms with van der Waals surface area (Å²) < 4.78 is 0. The van der Waals surface area contributed by atoms with Gasteiger partial charge in [0, 0.05) is 22.3 Å². The smallest absolute Gasteiger partial charge is 0.236 e. The first-order valence-electron chi connectivity index (χ1n) is 8.73. The van der Waals surface area contributed by atoms with E-state index in [1.807, 2.05) is 6.92 Å². The highest BCUT2D eigenvalue weighted by Gasteiger charge is 2.32. The van der Waals surface area contributed by atoms with Gasteiger partial charge in [0.2, 0.25) is 5.91 Å². The lowest BCUT2D eigenvalue weighted by atomic mass is 9.97. The number of likely N-dealkylation sites (tertiary alicyclic amines) is 1. The third kappa shape index (κ3) is 3.45. The molecule has 6 heteroatoms. The third-order valence-corrected chi connectivity index (χ3v) is 7.07. The van der Waals surface area contributed by atoms with Crippen LogP contribution in [0.5, 0.6) is 0 Å². The molecule has 1 saturated heterocycles. The van der Waals surface area contributed by atoms with Crippen molar-refractivity contribution in [3.05, 3.63) is 17.3 Å². The predicted octanol–water partition coefficient (Wildman–Crippen LogP) is 4.52. The van der Waals surface area contributed by atoms with Crippen molar-refractivity contribution in [2.24, 2.45) is 0 Å². The van der Waals surface area contributed by atoms with Gasteiger partial charge in [-0.05, 0) is 52.5 Å². The molecule has 0 saturated carbocycles. The summed E-state index contributed by atoms with van der Waals surface area (Å²) in [5.74, 6) is 0.234. The van der Waals surface area contributed by atoms with E-state index in [0.717, 1.165) is 34.5 Å². The highest BCUT2D eigenvalue weighted by atomic mass is 32.2. The molecule has 3 rings (SSSR count). The second kappa shape index (κ2) is 7.40. The molecule has 1 aliphatic heterocycles. The maximum atomic E-state index is 13.0. The van der Waals surface area contributed by atoms with Crippen molar-refractivity contribution in [3.8, 4) is 0 Å². The van der Waals surface area contributed by atoms with Crippen molar-refractivity contribution < 1.29 is 4.79 Å². The van der Waals surface area contributed by atoms with E-state index in [1.54, 1.807) is 29.4 Å². The van der Waals surface area contributed by atoms with Crippen LogP contribution in [0.4, 0.5) is 0 Å². The molecule has 1 aliphatic rings. The number of amides is 1. The van der Waals surface area contributed by atoms with Crippen molar-refractivity contribution in [3.63, 3.8) is 0 Å². The van der Waals surface area contributed by atoms with E-state index in [2.05, 4.69) is 41.7 Å². The largest absolute Gasteiger partial charge is 0.336 e. The Labute approximate surface area is 152 Å². The summed E-state index contributed by atoms with van der Waals surface area (Å²) in [7, 11) is 0. The maximum absolute atomic E-state index is 13.0. The number of aryl methyl sites for hydroxylation is 1. The average Bonchev–Trinajstić information content (AvgIpc) is 2.99. The molecule has 3 unspecified atom stereocenters. The van der Waals surface area contributed by atoms with Crippen LogP contribution in [0.1, 0.15) is 51.8 Å². The zero-order valence-electron chi connectivity index (χ0n) is 14.8. The lowest BCUT2D eigenvalue weighted by Crippen LogP contribution is -2.50. The van der Waals surface area contributed by atoms with E-state index in [1.165, 1.54) is 11.3 Å². The molecule has 0 aromatic carbocycles. The van der Waals surface area contributed by atoms with Crippen LogP contribution < -0.4 is 0 Å². The Morgan fingerprint density at radius 1 is 1.38 bits per heavy atom. The van der Waals surface area contributed by atoms with E-state index < -0.39 is 0 Å². The molecule has 2 aromatic heterocycles. The summed E-state index contributed by atoms with van der Waals surface area (Å²) in [6, 6.07) is 2.84. The first-order chi connectivity index (χ1) is 11.5. The molecule has 1 fully saturated rings. The Morgan fingerprint density at radius 2 is 2.08 bits per heavy atom. The maximum Gasteiger partial charge on any atom is 0.236 e. The average molecular weight is 364 g/mol. The van der Waals surface area contributed by atoms with Gasteiger partial charge in [-0.2, -0.15) is 0 Å². The summed E-state index contributed by atoms with van der Waals surface area (Å²) in [5.41, 5.74) is 0. The molecule has 1 amide bonds. The number of piperidine rings is 1. The van der Waals surface area contributed by atoms with Gasteiger partial charge < -0.3 is 4.90 Å². The fourth-order valence-electron chi connectivity index (χ4n) is 3.44. The van der Waals surface area contributed by atoms with Crippen molar-refractivity contribution in [2.75, 3.05) is 0 Å². The van der Waals surface area contributed by atoms with Gasteiger partial charge in [0.1, 0.15) is 16.2 Å². The van der Waals surface area contributed by atoms with Crippen molar-refractivity contribution in [1.82, 2.24) is 14.9 Å². The van der Waals surface area contributed by atoms with Gasteiger partial charge in [-0.25, -0.2) is 9.97 Å². The fourth-order valence-corrected chi connectivity index (χ4v) is 5.38. The number of thiophene rings is 1. The SMILES string of the molecule is CCc1cc2c(SC(C)C(=O)N3C(C)CCCC3C)ncnc2s1. The van der Waals surface area contributed by atoms with E-state index >= 15 is 0 Å². The molecule has 2 aromatic rings. The van der Waals surface area contributed by atoms with E-state index in [-0.39, 0.29) is 11.2 Å². The van der Waals surface area contributed by atoms with E-state index in [4.69, 9.17) is 0 Å². The fraction of sp³-hybridized carbons (Fsp3) is 0.611. The van der Waals surface area contributed by atoms with E-state index in [9.17, 15) is 4.79 Å². The lowest BCUT2D eigenvalue weighted by molar-refractivity contribution is -0.136. The van der Waals surface area contributed by atoms with Gasteiger partial charge in [0.05, 0.1) is 5.25 Å². The third-order valence-electron chi connectivity index (χ3n) is 4.78. The van der Waals surface area contributed by atoms with Gasteiger partial charge in [-0.15, -0.1) is 11.3 Å². The van der Waals surface area contributed by atoms with Crippen LogP contribution >= 0.6 is 23.1 Å². The molecule has 0 radical (unpaired) electrons. The monoisotopic (exact) mass is 363 g/mol. The Bertz CT molecular complexity index is 720. The Balaban J connectivity index is 1.80. The zero-order chi connectivity index (χ0) is 17.3. The Hall–Kier alpha value is -1.14. The van der Waals surface area contributed by atoms with Gasteiger partial charge >= 0.3 is 0 Å². The second-order valence-corrected chi connectivity index (χ2v) is 9.04. The van der Waals surface area contributed by atoms with Gasteiger partial charge in [0.15, 0.2) is 0 Å². The summed E-state index contributed by atoms with van der Waals surface area (Å²) in [6.07, 6.45) is 6.05. The highest BCUT2D eigenvalue weighted by Crippen LogP contribution is 2.34. The summed E-state index contributed by atoms with van der Waals surface area (Å²) in [5, 5.41) is 1.88. The van der Waals surface area contributed by atoms with Gasteiger partial charge in [0.25, 0.3) is 0 Å². The number of aromatic nitrogens is 2. The number of thioether (sulfide) groups is 1. The van der Waals surface area contributed by atoms with Crippen LogP contribution in [0, 0.1) is 0 Å². The molecular formula is C18H25N3OS2.